The van der Waals surface area contributed by atoms with Crippen LogP contribution in [0.25, 0.3) is 10.6 Å². The van der Waals surface area contributed by atoms with Crippen LogP contribution >= 0.6 is 11.3 Å². The minimum atomic E-state index is 0.258. The number of hydrogen-bond acceptors (Lipinski definition) is 5. The van der Waals surface area contributed by atoms with Gasteiger partial charge in [-0.25, -0.2) is 0 Å². The Morgan fingerprint density at radius 3 is 2.94 bits per heavy atom. The van der Waals surface area contributed by atoms with E-state index < -0.39 is 0 Å². The molecule has 18 heavy (non-hydrogen) atoms. The van der Waals surface area contributed by atoms with E-state index in [1.54, 1.807) is 23.5 Å². The maximum Gasteiger partial charge on any atom is 0.147 e. The van der Waals surface area contributed by atoms with Gasteiger partial charge in [-0.1, -0.05) is 30.4 Å². The zero-order valence-corrected chi connectivity index (χ0v) is 11.2. The number of phenols is 1. The number of phenolic OH excluding ortho intramolecular Hbond substituents is 1. The number of aromatic nitrogens is 2. The zero-order chi connectivity index (χ0) is 12.8. The molecule has 96 valence electrons. The fraction of sp³-hybridized carbons (Fsp3) is 0.385. The molecule has 0 radical (unpaired) electrons. The Morgan fingerprint density at radius 1 is 1.28 bits per heavy atom. The standard InChI is InChI=1S/C13H17N3OS/c1-2-7-14-8-6-12-15-16-13(18-12)10-4-3-5-11(17)9-10/h3-5,9,14,17H,2,6-8H2,1H3. The van der Waals surface area contributed by atoms with Crippen molar-refractivity contribution >= 4 is 11.3 Å². The van der Waals surface area contributed by atoms with Gasteiger partial charge >= 0.3 is 0 Å². The third kappa shape index (κ3) is 3.51. The van der Waals surface area contributed by atoms with Crippen LogP contribution in [0.1, 0.15) is 18.4 Å². The fourth-order valence-corrected chi connectivity index (χ4v) is 2.44. The molecule has 1 aromatic carbocycles. The summed E-state index contributed by atoms with van der Waals surface area (Å²) in [7, 11) is 0. The molecule has 5 heteroatoms. The first-order chi connectivity index (χ1) is 8.79. The lowest BCUT2D eigenvalue weighted by atomic mass is 10.2. The lowest BCUT2D eigenvalue weighted by Gasteiger charge is -1.98. The highest BCUT2D eigenvalue weighted by Gasteiger charge is 2.06. The van der Waals surface area contributed by atoms with Gasteiger partial charge in [0.2, 0.25) is 0 Å². The number of hydrogen-bond donors (Lipinski definition) is 2. The third-order valence-corrected chi connectivity index (χ3v) is 3.53. The molecule has 2 N–H and O–H groups in total. The molecule has 0 aliphatic carbocycles. The van der Waals surface area contributed by atoms with Crippen molar-refractivity contribution < 1.29 is 5.11 Å². The van der Waals surface area contributed by atoms with Crippen molar-refractivity contribution in [2.24, 2.45) is 0 Å². The highest BCUT2D eigenvalue weighted by atomic mass is 32.1. The van der Waals surface area contributed by atoms with Crippen LogP contribution in [0.4, 0.5) is 0 Å². The minimum Gasteiger partial charge on any atom is -0.508 e. The van der Waals surface area contributed by atoms with Crippen molar-refractivity contribution in [1.29, 1.82) is 0 Å². The maximum atomic E-state index is 9.43. The summed E-state index contributed by atoms with van der Waals surface area (Å²) in [5.41, 5.74) is 0.917. The smallest absolute Gasteiger partial charge is 0.147 e. The molecular formula is C13H17N3OS. The Morgan fingerprint density at radius 2 is 2.17 bits per heavy atom. The Kier molecular flexibility index (Phi) is 4.66. The monoisotopic (exact) mass is 263 g/mol. The van der Waals surface area contributed by atoms with Gasteiger partial charge < -0.3 is 10.4 Å². The van der Waals surface area contributed by atoms with Gasteiger partial charge in [0, 0.05) is 18.5 Å². The molecule has 0 saturated heterocycles. The SMILES string of the molecule is CCCNCCc1nnc(-c2cccc(O)c2)s1. The van der Waals surface area contributed by atoms with Crippen molar-refractivity contribution in [3.8, 4) is 16.3 Å². The summed E-state index contributed by atoms with van der Waals surface area (Å²) in [4.78, 5) is 0. The van der Waals surface area contributed by atoms with Crippen LogP contribution in [0.5, 0.6) is 5.75 Å². The van der Waals surface area contributed by atoms with E-state index in [1.807, 2.05) is 12.1 Å². The van der Waals surface area contributed by atoms with E-state index in [2.05, 4.69) is 22.4 Å². The van der Waals surface area contributed by atoms with Crippen molar-refractivity contribution in [2.75, 3.05) is 13.1 Å². The van der Waals surface area contributed by atoms with Gasteiger partial charge in [0.1, 0.15) is 15.8 Å². The van der Waals surface area contributed by atoms with Gasteiger partial charge in [-0.3, -0.25) is 0 Å². The lowest BCUT2D eigenvalue weighted by Crippen LogP contribution is -2.17. The van der Waals surface area contributed by atoms with E-state index in [0.717, 1.165) is 41.5 Å². The highest BCUT2D eigenvalue weighted by Crippen LogP contribution is 2.26. The summed E-state index contributed by atoms with van der Waals surface area (Å²) in [5.74, 6) is 0.258. The lowest BCUT2D eigenvalue weighted by molar-refractivity contribution is 0.475. The number of nitrogens with one attached hydrogen (secondary N) is 1. The van der Waals surface area contributed by atoms with Crippen LogP contribution < -0.4 is 5.32 Å². The number of aromatic hydroxyl groups is 1. The molecule has 2 aromatic rings. The molecule has 4 nitrogen and oxygen atoms in total. The van der Waals surface area contributed by atoms with Crippen molar-refractivity contribution in [3.05, 3.63) is 29.3 Å². The van der Waals surface area contributed by atoms with E-state index in [-0.39, 0.29) is 5.75 Å². The van der Waals surface area contributed by atoms with Crippen molar-refractivity contribution in [1.82, 2.24) is 15.5 Å². The predicted octanol–water partition coefficient (Wildman–Crippen LogP) is 2.45. The molecule has 2 rings (SSSR count). The summed E-state index contributed by atoms with van der Waals surface area (Å²) in [6, 6.07) is 7.10. The topological polar surface area (TPSA) is 58.0 Å². The quantitative estimate of drug-likeness (QED) is 0.786. The summed E-state index contributed by atoms with van der Waals surface area (Å²) >= 11 is 1.58. The highest BCUT2D eigenvalue weighted by molar-refractivity contribution is 7.14. The van der Waals surface area contributed by atoms with Crippen molar-refractivity contribution in [2.45, 2.75) is 19.8 Å². The van der Waals surface area contributed by atoms with Crippen LogP contribution in [-0.4, -0.2) is 28.4 Å². The number of rotatable bonds is 6. The van der Waals surface area contributed by atoms with E-state index >= 15 is 0 Å². The molecule has 0 unspecified atom stereocenters. The van der Waals surface area contributed by atoms with Gasteiger partial charge in [0.25, 0.3) is 0 Å². The molecule has 0 bridgehead atoms. The van der Waals surface area contributed by atoms with Gasteiger partial charge in [-0.15, -0.1) is 10.2 Å². The van der Waals surface area contributed by atoms with Crippen molar-refractivity contribution in [3.63, 3.8) is 0 Å². The zero-order valence-electron chi connectivity index (χ0n) is 10.4. The van der Waals surface area contributed by atoms with E-state index in [4.69, 9.17) is 0 Å². The fourth-order valence-electron chi connectivity index (χ4n) is 1.61. The first kappa shape index (κ1) is 13.0. The van der Waals surface area contributed by atoms with E-state index in [9.17, 15) is 5.11 Å². The Balaban J connectivity index is 1.97. The molecule has 1 heterocycles. The molecule has 0 amide bonds. The summed E-state index contributed by atoms with van der Waals surface area (Å²) in [5, 5.41) is 23.0. The van der Waals surface area contributed by atoms with Gasteiger partial charge in [0.15, 0.2) is 0 Å². The second kappa shape index (κ2) is 6.47. The number of benzene rings is 1. The van der Waals surface area contributed by atoms with E-state index in [0.29, 0.717) is 0 Å². The Hall–Kier alpha value is -1.46. The Labute approximate surface area is 111 Å². The average molecular weight is 263 g/mol. The molecule has 0 aliphatic heterocycles. The molecule has 0 spiro atoms. The van der Waals surface area contributed by atoms with Crippen LogP contribution in [0.2, 0.25) is 0 Å². The molecular weight excluding hydrogens is 246 g/mol. The second-order valence-corrected chi connectivity index (χ2v) is 5.11. The second-order valence-electron chi connectivity index (χ2n) is 4.05. The summed E-state index contributed by atoms with van der Waals surface area (Å²) in [6.45, 7) is 4.12. The molecule has 0 fully saturated rings. The van der Waals surface area contributed by atoms with Gasteiger partial charge in [0.05, 0.1) is 0 Å². The van der Waals surface area contributed by atoms with Crippen LogP contribution in [-0.2, 0) is 6.42 Å². The van der Waals surface area contributed by atoms with Gasteiger partial charge in [-0.2, -0.15) is 0 Å². The molecule has 0 atom stereocenters. The predicted molar refractivity (Wildman–Crippen MR) is 73.9 cm³/mol. The Bertz CT molecular complexity index is 498. The maximum absolute atomic E-state index is 9.43. The first-order valence-electron chi connectivity index (χ1n) is 6.12. The minimum absolute atomic E-state index is 0.258. The van der Waals surface area contributed by atoms with Crippen LogP contribution in [0, 0.1) is 0 Å². The summed E-state index contributed by atoms with van der Waals surface area (Å²) in [6.07, 6.45) is 2.04. The number of nitrogens with zero attached hydrogens (tertiary/aromatic N) is 2. The normalized spacial score (nSPS) is 10.7. The first-order valence-corrected chi connectivity index (χ1v) is 6.93. The largest absolute Gasteiger partial charge is 0.508 e. The molecule has 0 saturated carbocycles. The van der Waals surface area contributed by atoms with Crippen LogP contribution in [0.15, 0.2) is 24.3 Å². The van der Waals surface area contributed by atoms with E-state index in [1.165, 1.54) is 0 Å². The molecule has 0 aliphatic rings. The third-order valence-electron chi connectivity index (χ3n) is 2.50. The van der Waals surface area contributed by atoms with Gasteiger partial charge in [-0.05, 0) is 25.1 Å². The van der Waals surface area contributed by atoms with Crippen LogP contribution in [0.3, 0.4) is 0 Å². The molecule has 1 aromatic heterocycles. The average Bonchev–Trinajstić information content (AvgIpc) is 2.83. The summed E-state index contributed by atoms with van der Waals surface area (Å²) < 4.78 is 0.